The first-order valence-corrected chi connectivity index (χ1v) is 11.2. The molecular formula is C16H13ClN4O3S4. The van der Waals surface area contributed by atoms with Crippen LogP contribution in [0.5, 0.6) is 0 Å². The molecule has 1 fully saturated rings. The molecule has 1 aliphatic rings. The fourth-order valence-electron chi connectivity index (χ4n) is 2.18. The second-order valence-electron chi connectivity index (χ2n) is 5.55. The van der Waals surface area contributed by atoms with Gasteiger partial charge < -0.3 is 5.11 Å². The maximum atomic E-state index is 12.6. The van der Waals surface area contributed by atoms with E-state index in [0.29, 0.717) is 30.0 Å². The Morgan fingerprint density at radius 3 is 2.96 bits per heavy atom. The number of hydrogen-bond acceptors (Lipinski definition) is 9. The summed E-state index contributed by atoms with van der Waals surface area (Å²) in [6, 6.07) is 1.81. The van der Waals surface area contributed by atoms with Gasteiger partial charge in [-0.1, -0.05) is 35.6 Å². The number of thioether (sulfide) groups is 1. The summed E-state index contributed by atoms with van der Waals surface area (Å²) in [5, 5.41) is 9.60. The second kappa shape index (κ2) is 9.31. The Hall–Kier alpha value is -1.53. The molecule has 146 valence electrons. The van der Waals surface area contributed by atoms with E-state index in [9.17, 15) is 9.59 Å². The van der Waals surface area contributed by atoms with Crippen LogP contribution < -0.4 is 0 Å². The van der Waals surface area contributed by atoms with E-state index in [1.165, 1.54) is 39.8 Å². The average molecular weight is 473 g/mol. The summed E-state index contributed by atoms with van der Waals surface area (Å²) in [6.07, 6.45) is 3.67. The van der Waals surface area contributed by atoms with Gasteiger partial charge in [-0.25, -0.2) is 15.0 Å². The molecule has 0 atom stereocenters. The molecule has 12 heteroatoms. The molecule has 0 bridgehead atoms. The Morgan fingerprint density at radius 2 is 2.25 bits per heavy atom. The van der Waals surface area contributed by atoms with E-state index in [4.69, 9.17) is 28.9 Å². The zero-order valence-corrected chi connectivity index (χ0v) is 18.4. The molecule has 1 saturated heterocycles. The van der Waals surface area contributed by atoms with Gasteiger partial charge in [-0.3, -0.25) is 14.5 Å². The number of thiazole rings is 1. The second-order valence-corrected chi connectivity index (χ2v) is 9.83. The molecule has 7 nitrogen and oxygen atoms in total. The van der Waals surface area contributed by atoms with Crippen molar-refractivity contribution in [2.24, 2.45) is 0 Å². The third-order valence-corrected chi connectivity index (χ3v) is 7.17. The van der Waals surface area contributed by atoms with Crippen LogP contribution in [0.1, 0.15) is 23.4 Å². The van der Waals surface area contributed by atoms with Crippen LogP contribution >= 0.6 is 58.7 Å². The van der Waals surface area contributed by atoms with Crippen molar-refractivity contribution >= 4 is 81.0 Å². The van der Waals surface area contributed by atoms with Crippen LogP contribution in [0.25, 0.3) is 6.08 Å². The molecule has 0 unspecified atom stereocenters. The van der Waals surface area contributed by atoms with Gasteiger partial charge in [0.25, 0.3) is 5.91 Å². The molecule has 0 aliphatic carbocycles. The lowest BCUT2D eigenvalue weighted by Gasteiger charge is -2.13. The van der Waals surface area contributed by atoms with Crippen molar-refractivity contribution in [2.75, 3.05) is 6.54 Å². The van der Waals surface area contributed by atoms with E-state index in [0.717, 1.165) is 5.69 Å². The Morgan fingerprint density at radius 1 is 1.46 bits per heavy atom. The molecule has 1 aliphatic heterocycles. The van der Waals surface area contributed by atoms with E-state index >= 15 is 0 Å². The molecule has 2 aromatic heterocycles. The van der Waals surface area contributed by atoms with Crippen molar-refractivity contribution in [1.29, 1.82) is 0 Å². The zero-order chi connectivity index (χ0) is 20.3. The third-order valence-electron chi connectivity index (χ3n) is 3.45. The molecule has 3 rings (SSSR count). The van der Waals surface area contributed by atoms with Gasteiger partial charge >= 0.3 is 5.97 Å². The number of aryl methyl sites for hydroxylation is 1. The van der Waals surface area contributed by atoms with Gasteiger partial charge in [0.15, 0.2) is 9.50 Å². The largest absolute Gasteiger partial charge is 0.481 e. The summed E-state index contributed by atoms with van der Waals surface area (Å²) in [7, 11) is 0. The minimum absolute atomic E-state index is 0.0155. The number of aromatic nitrogens is 3. The summed E-state index contributed by atoms with van der Waals surface area (Å²) < 4.78 is 1.07. The molecule has 0 radical (unpaired) electrons. The highest BCUT2D eigenvalue weighted by Gasteiger charge is 2.32. The topological polar surface area (TPSA) is 96.3 Å². The number of halogens is 1. The third kappa shape index (κ3) is 5.29. The Balaban J connectivity index is 1.73. The molecular weight excluding hydrogens is 460 g/mol. The van der Waals surface area contributed by atoms with Gasteiger partial charge in [-0.05, 0) is 37.2 Å². The average Bonchev–Trinajstić information content (AvgIpc) is 3.08. The smallest absolute Gasteiger partial charge is 0.303 e. The molecule has 28 heavy (non-hydrogen) atoms. The summed E-state index contributed by atoms with van der Waals surface area (Å²) in [5.74, 6) is -1.15. The van der Waals surface area contributed by atoms with Crippen LogP contribution in [-0.4, -0.2) is 47.7 Å². The summed E-state index contributed by atoms with van der Waals surface area (Å²) in [4.78, 5) is 38.5. The minimum Gasteiger partial charge on any atom is -0.481 e. The normalized spacial score (nSPS) is 15.6. The van der Waals surface area contributed by atoms with Crippen molar-refractivity contribution in [3.05, 3.63) is 32.9 Å². The number of carbonyl (C=O) groups is 2. The van der Waals surface area contributed by atoms with Crippen LogP contribution in [0.2, 0.25) is 5.15 Å². The van der Waals surface area contributed by atoms with Crippen LogP contribution in [0.3, 0.4) is 0 Å². The highest BCUT2D eigenvalue weighted by molar-refractivity contribution is 8.26. The van der Waals surface area contributed by atoms with Crippen molar-refractivity contribution in [3.8, 4) is 0 Å². The summed E-state index contributed by atoms with van der Waals surface area (Å²) >= 11 is 15.3. The summed E-state index contributed by atoms with van der Waals surface area (Å²) in [5.41, 5.74) is 0.854. The van der Waals surface area contributed by atoms with E-state index in [1.807, 2.05) is 13.0 Å². The quantitative estimate of drug-likeness (QED) is 0.362. The zero-order valence-electron chi connectivity index (χ0n) is 14.4. The van der Waals surface area contributed by atoms with Crippen LogP contribution in [-0.2, 0) is 9.59 Å². The number of hydrogen-bond donors (Lipinski definition) is 1. The molecule has 3 heterocycles. The number of nitrogens with zero attached hydrogens (tertiary/aromatic N) is 4. The first kappa shape index (κ1) is 21.2. The van der Waals surface area contributed by atoms with E-state index in [1.54, 1.807) is 12.3 Å². The van der Waals surface area contributed by atoms with E-state index < -0.39 is 5.97 Å². The molecule has 1 amide bonds. The number of rotatable bonds is 7. The lowest BCUT2D eigenvalue weighted by Crippen LogP contribution is -2.29. The van der Waals surface area contributed by atoms with Gasteiger partial charge in [0.1, 0.15) is 9.47 Å². The van der Waals surface area contributed by atoms with Gasteiger partial charge in [0.05, 0.1) is 9.78 Å². The van der Waals surface area contributed by atoms with Crippen molar-refractivity contribution in [1.82, 2.24) is 19.9 Å². The SMILES string of the molecule is Cc1ccnc(Sc2nc(Cl)c(C=C3SC(=S)N(CCCC(=O)O)C3=O)s2)n1. The van der Waals surface area contributed by atoms with Crippen LogP contribution in [0.15, 0.2) is 26.7 Å². The molecule has 0 saturated carbocycles. The van der Waals surface area contributed by atoms with Crippen LogP contribution in [0, 0.1) is 6.92 Å². The van der Waals surface area contributed by atoms with Gasteiger partial charge in [-0.2, -0.15) is 0 Å². The molecule has 1 N–H and O–H groups in total. The van der Waals surface area contributed by atoms with Gasteiger partial charge in [0, 0.05) is 24.9 Å². The lowest BCUT2D eigenvalue weighted by molar-refractivity contribution is -0.137. The Bertz CT molecular complexity index is 979. The number of amides is 1. The number of carboxylic acid groups (broad SMARTS) is 1. The highest BCUT2D eigenvalue weighted by atomic mass is 35.5. The number of carboxylic acids is 1. The standard InChI is InChI=1S/C16H13ClN4O3S4/c1-8-4-5-18-14(19-8)28-15-20-12(17)9(26-15)7-10-13(24)21(16(25)27-10)6-2-3-11(22)23/h4-5,7H,2-3,6H2,1H3,(H,22,23). The molecule has 0 spiro atoms. The first-order chi connectivity index (χ1) is 13.3. The number of thiocarbonyl (C=S) groups is 1. The van der Waals surface area contributed by atoms with Crippen LogP contribution in [0.4, 0.5) is 0 Å². The predicted octanol–water partition coefficient (Wildman–Crippen LogP) is 4.11. The van der Waals surface area contributed by atoms with Crippen molar-refractivity contribution < 1.29 is 14.7 Å². The lowest BCUT2D eigenvalue weighted by atomic mass is 10.3. The number of aliphatic carboxylic acids is 1. The maximum absolute atomic E-state index is 12.6. The Labute approximate surface area is 183 Å². The molecule has 2 aromatic rings. The van der Waals surface area contributed by atoms with E-state index in [2.05, 4.69) is 15.0 Å². The Kier molecular flexibility index (Phi) is 7.05. The predicted molar refractivity (Wildman–Crippen MR) is 115 cm³/mol. The maximum Gasteiger partial charge on any atom is 0.303 e. The first-order valence-electron chi connectivity index (χ1n) is 7.94. The fraction of sp³-hybridized carbons (Fsp3) is 0.250. The van der Waals surface area contributed by atoms with Crippen molar-refractivity contribution in [3.63, 3.8) is 0 Å². The highest BCUT2D eigenvalue weighted by Crippen LogP contribution is 2.38. The summed E-state index contributed by atoms with van der Waals surface area (Å²) in [6.45, 7) is 2.15. The number of carbonyl (C=O) groups excluding carboxylic acids is 1. The minimum atomic E-state index is -0.903. The fourth-order valence-corrected chi connectivity index (χ4v) is 5.79. The van der Waals surface area contributed by atoms with E-state index in [-0.39, 0.29) is 24.0 Å². The van der Waals surface area contributed by atoms with Gasteiger partial charge in [0.2, 0.25) is 0 Å². The van der Waals surface area contributed by atoms with Crippen molar-refractivity contribution in [2.45, 2.75) is 29.3 Å². The van der Waals surface area contributed by atoms with Gasteiger partial charge in [-0.15, -0.1) is 11.3 Å². The molecule has 0 aromatic carbocycles. The monoisotopic (exact) mass is 472 g/mol.